The van der Waals surface area contributed by atoms with Crippen molar-refractivity contribution < 1.29 is 23.4 Å². The molecule has 1 aromatic carbocycles. The zero-order valence-corrected chi connectivity index (χ0v) is 13.7. The maximum atomic E-state index is 11.4. The van der Waals surface area contributed by atoms with Gasteiger partial charge in [-0.05, 0) is 36.6 Å². The Balaban J connectivity index is -0.000000361. The molecule has 0 heterocycles. The van der Waals surface area contributed by atoms with Crippen molar-refractivity contribution in [1.29, 1.82) is 0 Å². The van der Waals surface area contributed by atoms with Gasteiger partial charge in [0.15, 0.2) is 10.2 Å². The molecule has 0 aliphatic heterocycles. The largest absolute Gasteiger partial charge is 0.376 e. The monoisotopic (exact) mass is 351 g/mol. The summed E-state index contributed by atoms with van der Waals surface area (Å²) in [7, 11) is 3.34. The standard InChI is InChI=1S/C9H10N2OS.C2H6N2S.CH4.V/c1-10-9(13)11-8(12)7-5-3-2-4-6-7;1-4-2(3)5;;/h2-6H,1H3,(H2,10,11,12,13);1H3,(H3,3,4,5);1H4;. The number of rotatable bonds is 1. The van der Waals surface area contributed by atoms with Crippen LogP contribution in [0.2, 0.25) is 0 Å². The molecule has 1 radical (unpaired) electrons. The predicted octanol–water partition coefficient (Wildman–Crippen LogP) is 1.00. The van der Waals surface area contributed by atoms with Gasteiger partial charge in [-0.3, -0.25) is 10.1 Å². The minimum atomic E-state index is -0.194. The summed E-state index contributed by atoms with van der Waals surface area (Å²) in [5, 5.41) is 8.40. The van der Waals surface area contributed by atoms with Crippen LogP contribution in [0, 0.1) is 0 Å². The zero-order valence-electron chi connectivity index (χ0n) is 10.6. The first-order valence-corrected chi connectivity index (χ1v) is 5.88. The molecule has 0 bridgehead atoms. The number of hydrogen-bond acceptors (Lipinski definition) is 3. The van der Waals surface area contributed by atoms with E-state index in [4.69, 9.17) is 18.0 Å². The van der Waals surface area contributed by atoms with Gasteiger partial charge in [-0.15, -0.1) is 0 Å². The third-order valence-corrected chi connectivity index (χ3v) is 2.25. The molecule has 5 nitrogen and oxygen atoms in total. The fourth-order valence-electron chi connectivity index (χ4n) is 0.827. The maximum absolute atomic E-state index is 11.4. The van der Waals surface area contributed by atoms with E-state index >= 15 is 0 Å². The van der Waals surface area contributed by atoms with E-state index in [-0.39, 0.29) is 31.9 Å². The second-order valence-electron chi connectivity index (χ2n) is 3.01. The Morgan fingerprint density at radius 1 is 1.10 bits per heavy atom. The van der Waals surface area contributed by atoms with Crippen LogP contribution in [0.1, 0.15) is 17.8 Å². The van der Waals surface area contributed by atoms with Crippen LogP contribution >= 0.6 is 24.4 Å². The van der Waals surface area contributed by atoms with Gasteiger partial charge in [-0.2, -0.15) is 0 Å². The first-order chi connectivity index (χ1) is 8.51. The van der Waals surface area contributed by atoms with E-state index in [0.29, 0.717) is 15.8 Å². The van der Waals surface area contributed by atoms with Crippen LogP contribution in [0.5, 0.6) is 0 Å². The van der Waals surface area contributed by atoms with Gasteiger partial charge < -0.3 is 16.4 Å². The molecule has 1 rings (SSSR count). The molecular formula is C12H20N4OS2V. The molecule has 0 saturated carbocycles. The van der Waals surface area contributed by atoms with Gasteiger partial charge in [0.05, 0.1) is 0 Å². The Morgan fingerprint density at radius 3 is 1.90 bits per heavy atom. The number of benzene rings is 1. The van der Waals surface area contributed by atoms with Crippen LogP contribution in [0.25, 0.3) is 0 Å². The van der Waals surface area contributed by atoms with Gasteiger partial charge in [0.25, 0.3) is 5.91 Å². The molecule has 0 aromatic heterocycles. The van der Waals surface area contributed by atoms with Gasteiger partial charge in [0, 0.05) is 38.2 Å². The Kier molecular flexibility index (Phi) is 17.1. The SMILES string of the molecule is C.CNC(=S)NC(=O)c1ccccc1.CNC(N)=S.[V]. The summed E-state index contributed by atoms with van der Waals surface area (Å²) >= 11 is 9.15. The van der Waals surface area contributed by atoms with Crippen LogP contribution in [-0.4, -0.2) is 30.2 Å². The van der Waals surface area contributed by atoms with E-state index in [2.05, 4.69) is 28.2 Å². The van der Waals surface area contributed by atoms with Crippen molar-refractivity contribution >= 4 is 40.6 Å². The van der Waals surface area contributed by atoms with E-state index in [1.807, 2.05) is 6.07 Å². The summed E-state index contributed by atoms with van der Waals surface area (Å²) in [5.41, 5.74) is 5.51. The number of thiocarbonyl (C=S) groups is 2. The number of nitrogens with two attached hydrogens (primary N) is 1. The molecule has 5 N–H and O–H groups in total. The van der Waals surface area contributed by atoms with E-state index < -0.39 is 0 Å². The Bertz CT molecular complexity index is 415. The third-order valence-electron chi connectivity index (χ3n) is 1.74. The number of nitrogens with one attached hydrogen (secondary N) is 3. The Labute approximate surface area is 143 Å². The average Bonchev–Trinajstić information content (AvgIpc) is 2.40. The Morgan fingerprint density at radius 2 is 1.55 bits per heavy atom. The van der Waals surface area contributed by atoms with Crippen LogP contribution < -0.4 is 21.7 Å². The predicted molar refractivity (Wildman–Crippen MR) is 88.1 cm³/mol. The molecule has 0 spiro atoms. The molecule has 111 valence electrons. The fourth-order valence-corrected chi connectivity index (χ4v) is 0.920. The number of carbonyl (C=O) groups is 1. The molecule has 1 aromatic rings. The van der Waals surface area contributed by atoms with Crippen molar-refractivity contribution in [3.05, 3.63) is 35.9 Å². The van der Waals surface area contributed by atoms with Gasteiger partial charge >= 0.3 is 0 Å². The fraction of sp³-hybridized carbons (Fsp3) is 0.250. The molecule has 20 heavy (non-hydrogen) atoms. The van der Waals surface area contributed by atoms with Crippen LogP contribution in [-0.2, 0) is 18.6 Å². The summed E-state index contributed by atoms with van der Waals surface area (Å²) in [6.07, 6.45) is 0. The molecule has 0 fully saturated rings. The van der Waals surface area contributed by atoms with Crippen LogP contribution in [0.15, 0.2) is 30.3 Å². The molecule has 8 heteroatoms. The summed E-state index contributed by atoms with van der Waals surface area (Å²) < 4.78 is 0. The van der Waals surface area contributed by atoms with Crippen molar-refractivity contribution in [2.45, 2.75) is 7.43 Å². The third kappa shape index (κ3) is 11.9. The topological polar surface area (TPSA) is 79.2 Å². The van der Waals surface area contributed by atoms with Crippen molar-refractivity contribution in [2.75, 3.05) is 14.1 Å². The first-order valence-electron chi connectivity index (χ1n) is 5.06. The summed E-state index contributed by atoms with van der Waals surface area (Å²) in [5.74, 6) is -0.194. The molecule has 0 aliphatic rings. The molecule has 1 amide bonds. The van der Waals surface area contributed by atoms with Crippen molar-refractivity contribution in [2.24, 2.45) is 5.73 Å². The van der Waals surface area contributed by atoms with Crippen molar-refractivity contribution in [3.8, 4) is 0 Å². The first kappa shape index (κ1) is 23.9. The average molecular weight is 351 g/mol. The van der Waals surface area contributed by atoms with Gasteiger partial charge in [-0.1, -0.05) is 25.6 Å². The number of carbonyl (C=O) groups excluding carboxylic acids is 1. The molecule has 0 saturated heterocycles. The zero-order chi connectivity index (χ0) is 14.0. The molecule has 0 unspecified atom stereocenters. The van der Waals surface area contributed by atoms with Crippen LogP contribution in [0.4, 0.5) is 0 Å². The second kappa shape index (κ2) is 14.3. The molecule has 0 atom stereocenters. The quantitative estimate of drug-likeness (QED) is 0.566. The smallest absolute Gasteiger partial charge is 0.257 e. The maximum Gasteiger partial charge on any atom is 0.257 e. The molecular weight excluding hydrogens is 331 g/mol. The summed E-state index contributed by atoms with van der Waals surface area (Å²) in [6.45, 7) is 0. The van der Waals surface area contributed by atoms with E-state index in [1.54, 1.807) is 38.4 Å². The van der Waals surface area contributed by atoms with Crippen molar-refractivity contribution in [3.63, 3.8) is 0 Å². The van der Waals surface area contributed by atoms with Gasteiger partial charge in [0.2, 0.25) is 0 Å². The summed E-state index contributed by atoms with van der Waals surface area (Å²) in [6, 6.07) is 8.92. The van der Waals surface area contributed by atoms with Crippen molar-refractivity contribution in [1.82, 2.24) is 16.0 Å². The Hall–Kier alpha value is -1.15. The minimum Gasteiger partial charge on any atom is -0.376 e. The van der Waals surface area contributed by atoms with E-state index in [1.165, 1.54) is 0 Å². The summed E-state index contributed by atoms with van der Waals surface area (Å²) in [4.78, 5) is 11.4. The second-order valence-corrected chi connectivity index (χ2v) is 3.86. The van der Waals surface area contributed by atoms with E-state index in [9.17, 15) is 4.79 Å². The normalized spacial score (nSPS) is 7.50. The van der Waals surface area contributed by atoms with E-state index in [0.717, 1.165) is 0 Å². The van der Waals surface area contributed by atoms with Gasteiger partial charge in [-0.25, -0.2) is 0 Å². The minimum absolute atomic E-state index is 0. The molecule has 0 aliphatic carbocycles. The number of amides is 1. The van der Waals surface area contributed by atoms with Crippen LogP contribution in [0.3, 0.4) is 0 Å². The number of hydrogen-bond donors (Lipinski definition) is 4. The van der Waals surface area contributed by atoms with Gasteiger partial charge in [0.1, 0.15) is 0 Å².